The topological polar surface area (TPSA) is 86.3 Å². The van der Waals surface area contributed by atoms with Gasteiger partial charge in [-0.15, -0.1) is 0 Å². The molecule has 1 atom stereocenters. The second-order valence-corrected chi connectivity index (χ2v) is 6.98. The second kappa shape index (κ2) is 8.05. The van der Waals surface area contributed by atoms with Crippen LogP contribution in [0.5, 0.6) is 17.2 Å². The summed E-state index contributed by atoms with van der Waals surface area (Å²) in [6.45, 7) is -3.01. The monoisotopic (exact) mass is 417 g/mol. The van der Waals surface area contributed by atoms with Crippen molar-refractivity contribution in [3.05, 3.63) is 35.1 Å². The third-order valence-corrected chi connectivity index (χ3v) is 5.04. The van der Waals surface area contributed by atoms with Gasteiger partial charge in [0.25, 0.3) is 0 Å². The summed E-state index contributed by atoms with van der Waals surface area (Å²) in [5.41, 5.74) is 1.16. The molecule has 144 valence electrons. The van der Waals surface area contributed by atoms with Crippen molar-refractivity contribution in [1.29, 1.82) is 0 Å². The van der Waals surface area contributed by atoms with Crippen molar-refractivity contribution >= 4 is 33.4 Å². The predicted octanol–water partition coefficient (Wildman–Crippen LogP) is 3.54. The summed E-state index contributed by atoms with van der Waals surface area (Å²) in [4.78, 5) is 11.2. The zero-order valence-corrected chi connectivity index (χ0v) is 15.7. The normalized spacial score (nSPS) is 12.4. The van der Waals surface area contributed by atoms with Gasteiger partial charge in [0.15, 0.2) is 16.7 Å². The largest absolute Gasteiger partial charge is 0.493 e. The fourth-order valence-electron chi connectivity index (χ4n) is 2.43. The summed E-state index contributed by atoms with van der Waals surface area (Å²) in [7, 11) is 1.33. The van der Waals surface area contributed by atoms with Gasteiger partial charge < -0.3 is 19.2 Å². The van der Waals surface area contributed by atoms with Crippen LogP contribution in [-0.4, -0.2) is 40.0 Å². The molecule has 0 aliphatic heterocycles. The highest BCUT2D eigenvalue weighted by atomic mass is 35.5. The third kappa shape index (κ3) is 4.11. The number of aromatic nitrogens is 3. The molecule has 0 aliphatic carbocycles. The van der Waals surface area contributed by atoms with Gasteiger partial charge in [-0.1, -0.05) is 11.6 Å². The van der Waals surface area contributed by atoms with Gasteiger partial charge in [-0.2, -0.15) is 8.78 Å². The maximum absolute atomic E-state index is 12.7. The van der Waals surface area contributed by atoms with Gasteiger partial charge in [-0.25, -0.2) is 4.98 Å². The van der Waals surface area contributed by atoms with Gasteiger partial charge in [-0.3, -0.25) is 9.19 Å². The van der Waals surface area contributed by atoms with Crippen LogP contribution in [0.4, 0.5) is 8.78 Å². The molecule has 0 saturated heterocycles. The Hall–Kier alpha value is -2.46. The Balaban J connectivity index is 1.90. The van der Waals surface area contributed by atoms with Crippen LogP contribution in [-0.2, 0) is 16.6 Å². The number of methoxy groups -OCH3 is 2. The first-order valence-electron chi connectivity index (χ1n) is 7.51. The molecular formula is C16H14ClF2N3O4S. The van der Waals surface area contributed by atoms with E-state index in [1.165, 1.54) is 32.5 Å². The molecule has 0 amide bonds. The van der Waals surface area contributed by atoms with Crippen LogP contribution in [0.25, 0.3) is 11.0 Å². The average molecular weight is 418 g/mol. The summed E-state index contributed by atoms with van der Waals surface area (Å²) in [5.74, 6) is 0.637. The van der Waals surface area contributed by atoms with Gasteiger partial charge in [0.1, 0.15) is 5.75 Å². The molecule has 0 aliphatic rings. The van der Waals surface area contributed by atoms with Crippen molar-refractivity contribution in [3.63, 3.8) is 0 Å². The molecule has 0 spiro atoms. The molecule has 27 heavy (non-hydrogen) atoms. The smallest absolute Gasteiger partial charge is 0.387 e. The predicted molar refractivity (Wildman–Crippen MR) is 95.2 cm³/mol. The van der Waals surface area contributed by atoms with Crippen LogP contribution in [0, 0.1) is 0 Å². The molecule has 1 N–H and O–H groups in total. The highest BCUT2D eigenvalue weighted by Gasteiger charge is 2.18. The van der Waals surface area contributed by atoms with E-state index in [-0.39, 0.29) is 21.7 Å². The van der Waals surface area contributed by atoms with Crippen molar-refractivity contribution < 1.29 is 27.2 Å². The fourth-order valence-corrected chi connectivity index (χ4v) is 3.65. The molecule has 7 nitrogen and oxygen atoms in total. The Morgan fingerprint density at radius 1 is 1.26 bits per heavy atom. The van der Waals surface area contributed by atoms with Crippen molar-refractivity contribution in [1.82, 2.24) is 15.0 Å². The van der Waals surface area contributed by atoms with Crippen LogP contribution in [0.3, 0.4) is 0 Å². The van der Waals surface area contributed by atoms with Crippen molar-refractivity contribution in [2.45, 2.75) is 17.5 Å². The van der Waals surface area contributed by atoms with E-state index in [9.17, 15) is 13.0 Å². The van der Waals surface area contributed by atoms with Gasteiger partial charge in [0, 0.05) is 18.3 Å². The number of fused-ring (bicyclic) bond motifs is 1. The summed E-state index contributed by atoms with van der Waals surface area (Å²) in [5, 5.41) is 0.127. The number of ether oxygens (including phenoxy) is 3. The number of H-pyrrole nitrogens is 1. The van der Waals surface area contributed by atoms with Gasteiger partial charge in [0.05, 0.1) is 52.5 Å². The molecule has 11 heteroatoms. The molecule has 0 saturated carbocycles. The number of alkyl halides is 2. The zero-order valence-electron chi connectivity index (χ0n) is 14.2. The number of pyridine rings is 1. The maximum Gasteiger partial charge on any atom is 0.387 e. The summed E-state index contributed by atoms with van der Waals surface area (Å²) in [6.07, 6.45) is 1.51. The lowest BCUT2D eigenvalue weighted by atomic mass is 10.3. The molecule has 0 fully saturated rings. The number of nitrogens with one attached hydrogen (secondary N) is 1. The lowest BCUT2D eigenvalue weighted by Gasteiger charge is -2.10. The molecule has 0 radical (unpaired) electrons. The van der Waals surface area contributed by atoms with Gasteiger partial charge in [-0.05, 0) is 6.07 Å². The maximum atomic E-state index is 12.7. The second-order valence-electron chi connectivity index (χ2n) is 5.20. The minimum absolute atomic E-state index is 0.00825. The average Bonchev–Trinajstić information content (AvgIpc) is 3.04. The molecule has 2 aromatic heterocycles. The number of benzene rings is 1. The fraction of sp³-hybridized carbons (Fsp3) is 0.250. The first-order chi connectivity index (χ1) is 12.9. The molecule has 1 unspecified atom stereocenters. The van der Waals surface area contributed by atoms with E-state index in [4.69, 9.17) is 21.1 Å². The van der Waals surface area contributed by atoms with Crippen molar-refractivity contribution in [3.8, 4) is 17.2 Å². The number of imidazole rings is 1. The van der Waals surface area contributed by atoms with Gasteiger partial charge in [0.2, 0.25) is 0 Å². The Morgan fingerprint density at radius 3 is 2.70 bits per heavy atom. The lowest BCUT2D eigenvalue weighted by Crippen LogP contribution is -2.04. The van der Waals surface area contributed by atoms with E-state index in [0.717, 1.165) is 0 Å². The van der Waals surface area contributed by atoms with E-state index in [1.807, 2.05) is 0 Å². The number of hydrogen-bond donors (Lipinski definition) is 1. The first kappa shape index (κ1) is 19.3. The van der Waals surface area contributed by atoms with Gasteiger partial charge >= 0.3 is 6.61 Å². The molecule has 3 aromatic rings. The van der Waals surface area contributed by atoms with Crippen LogP contribution >= 0.6 is 11.6 Å². The molecule has 3 rings (SSSR count). The van der Waals surface area contributed by atoms with Crippen LogP contribution in [0.1, 0.15) is 5.69 Å². The number of hydrogen-bond acceptors (Lipinski definition) is 6. The number of nitrogens with zero attached hydrogens (tertiary/aromatic N) is 2. The third-order valence-electron chi connectivity index (χ3n) is 3.58. The van der Waals surface area contributed by atoms with E-state index >= 15 is 0 Å². The van der Waals surface area contributed by atoms with Crippen molar-refractivity contribution in [2.24, 2.45) is 0 Å². The summed E-state index contributed by atoms with van der Waals surface area (Å²) >= 11 is 5.92. The SMILES string of the molecule is COc1ccnc(CS(=O)c2nc3cc(OC(F)F)c(Cl)cc3[nH]2)c1OC. The Labute approximate surface area is 160 Å². The lowest BCUT2D eigenvalue weighted by molar-refractivity contribution is -0.0497. The van der Waals surface area contributed by atoms with Crippen molar-refractivity contribution in [2.75, 3.05) is 14.2 Å². The summed E-state index contributed by atoms with van der Waals surface area (Å²) < 4.78 is 52.3. The van der Waals surface area contributed by atoms with E-state index in [0.29, 0.717) is 28.2 Å². The Morgan fingerprint density at radius 2 is 2.04 bits per heavy atom. The number of aromatic amines is 1. The van der Waals surface area contributed by atoms with E-state index in [1.54, 1.807) is 6.07 Å². The van der Waals surface area contributed by atoms with Crippen LogP contribution in [0.15, 0.2) is 29.6 Å². The van der Waals surface area contributed by atoms with E-state index in [2.05, 4.69) is 19.7 Å². The standard InChI is InChI=1S/C16H14ClF2N3O4S/c1-24-12-3-4-20-11(14(12)25-2)7-27(23)16-21-9-5-8(17)13(26-15(18)19)6-10(9)22-16/h3-6,15H,7H2,1-2H3,(H,21,22). The Kier molecular flexibility index (Phi) is 5.76. The highest BCUT2D eigenvalue weighted by Crippen LogP contribution is 2.32. The van der Waals surface area contributed by atoms with Crippen LogP contribution in [0.2, 0.25) is 5.02 Å². The van der Waals surface area contributed by atoms with E-state index < -0.39 is 17.4 Å². The number of rotatable bonds is 7. The molecular weight excluding hydrogens is 404 g/mol. The molecule has 1 aromatic carbocycles. The first-order valence-corrected chi connectivity index (χ1v) is 9.21. The van der Waals surface area contributed by atoms with Crippen LogP contribution < -0.4 is 14.2 Å². The zero-order chi connectivity index (χ0) is 19.6. The minimum Gasteiger partial charge on any atom is -0.493 e. The highest BCUT2D eigenvalue weighted by molar-refractivity contribution is 7.84. The minimum atomic E-state index is -3.01. The molecule has 0 bridgehead atoms. The molecule has 2 heterocycles. The Bertz CT molecular complexity index is 999. The number of halogens is 3. The summed E-state index contributed by atoms with van der Waals surface area (Å²) in [6, 6.07) is 4.26. The quantitative estimate of drug-likeness (QED) is 0.632.